The number of aromatic nitrogens is 2. The smallest absolute Gasteiger partial charge is 0.229 e. The number of benzene rings is 1. The van der Waals surface area contributed by atoms with E-state index in [1.165, 1.54) is 0 Å². The Morgan fingerprint density at radius 3 is 2.93 bits per heavy atom. The lowest BCUT2D eigenvalue weighted by atomic mass is 10.2. The van der Waals surface area contributed by atoms with E-state index in [-0.39, 0.29) is 35.9 Å². The topological polar surface area (TPSA) is 83.8 Å². The minimum absolute atomic E-state index is 0. The monoisotopic (exact) mass is 484 g/mol. The molecule has 146 valence electrons. The van der Waals surface area contributed by atoms with Crippen molar-refractivity contribution < 1.29 is 9.53 Å². The fourth-order valence-corrected chi connectivity index (χ4v) is 2.97. The first kappa shape index (κ1) is 21.0. The van der Waals surface area contributed by atoms with Crippen molar-refractivity contribution in [2.45, 2.75) is 19.0 Å². The highest BCUT2D eigenvalue weighted by atomic mass is 127. The second-order valence-corrected chi connectivity index (χ2v) is 6.20. The van der Waals surface area contributed by atoms with Crippen LogP contribution in [0.1, 0.15) is 12.0 Å². The highest BCUT2D eigenvalue weighted by Gasteiger charge is 2.31. The summed E-state index contributed by atoms with van der Waals surface area (Å²) in [6.45, 7) is 1.20. The van der Waals surface area contributed by atoms with Gasteiger partial charge in [0.1, 0.15) is 5.75 Å². The molecule has 1 fully saturated rings. The number of hydrogen-bond acceptors (Lipinski definition) is 4. The van der Waals surface area contributed by atoms with E-state index in [0.29, 0.717) is 25.5 Å². The van der Waals surface area contributed by atoms with Crippen LogP contribution in [-0.2, 0) is 18.4 Å². The maximum absolute atomic E-state index is 12.4. The highest BCUT2D eigenvalue weighted by molar-refractivity contribution is 14.0. The van der Waals surface area contributed by atoms with Gasteiger partial charge in [-0.2, -0.15) is 5.10 Å². The van der Waals surface area contributed by atoms with Crippen molar-refractivity contribution >= 4 is 41.5 Å². The highest BCUT2D eigenvalue weighted by Crippen LogP contribution is 2.25. The van der Waals surface area contributed by atoms with Crippen LogP contribution in [0.3, 0.4) is 0 Å². The number of nitrogens with one attached hydrogen (secondary N) is 2. The second kappa shape index (κ2) is 9.58. The predicted octanol–water partition coefficient (Wildman–Crippen LogP) is 1.52. The molecule has 9 heteroatoms. The van der Waals surface area contributed by atoms with E-state index >= 15 is 0 Å². The molecule has 2 heterocycles. The van der Waals surface area contributed by atoms with Crippen molar-refractivity contribution in [2.24, 2.45) is 12.0 Å². The summed E-state index contributed by atoms with van der Waals surface area (Å²) < 4.78 is 7.00. The van der Waals surface area contributed by atoms with Crippen LogP contribution in [0.5, 0.6) is 5.75 Å². The van der Waals surface area contributed by atoms with E-state index in [2.05, 4.69) is 20.7 Å². The van der Waals surface area contributed by atoms with Crippen LogP contribution in [0, 0.1) is 0 Å². The molecule has 2 N–H and O–H groups in total. The second-order valence-electron chi connectivity index (χ2n) is 6.20. The summed E-state index contributed by atoms with van der Waals surface area (Å²) in [6, 6.07) is 7.53. The number of anilines is 1. The Labute approximate surface area is 176 Å². The molecule has 0 radical (unpaired) electrons. The first-order valence-electron chi connectivity index (χ1n) is 8.48. The fourth-order valence-electron chi connectivity index (χ4n) is 2.97. The molecule has 0 aliphatic carbocycles. The molecule has 1 aromatic carbocycles. The SMILES string of the molecule is CN=C(NCc1cnn(C)c1)NC1CC(=O)N(c2cccc(OC)c2)C1.I. The molecular weight excluding hydrogens is 459 g/mol. The van der Waals surface area contributed by atoms with Crippen molar-refractivity contribution in [1.82, 2.24) is 20.4 Å². The summed E-state index contributed by atoms with van der Waals surface area (Å²) in [4.78, 5) is 18.4. The molecule has 1 aromatic heterocycles. The van der Waals surface area contributed by atoms with Gasteiger partial charge in [0.15, 0.2) is 5.96 Å². The van der Waals surface area contributed by atoms with Crippen molar-refractivity contribution in [2.75, 3.05) is 25.6 Å². The van der Waals surface area contributed by atoms with Gasteiger partial charge in [-0.05, 0) is 12.1 Å². The number of ether oxygens (including phenoxy) is 1. The third kappa shape index (κ3) is 5.34. The molecule has 1 atom stereocenters. The van der Waals surface area contributed by atoms with Gasteiger partial charge >= 0.3 is 0 Å². The maximum atomic E-state index is 12.4. The molecule has 1 aliphatic rings. The van der Waals surface area contributed by atoms with Crippen molar-refractivity contribution in [3.8, 4) is 5.75 Å². The number of guanidine groups is 1. The van der Waals surface area contributed by atoms with Gasteiger partial charge < -0.3 is 20.3 Å². The lowest BCUT2D eigenvalue weighted by Crippen LogP contribution is -2.44. The summed E-state index contributed by atoms with van der Waals surface area (Å²) in [5, 5.41) is 10.7. The summed E-state index contributed by atoms with van der Waals surface area (Å²) in [5.41, 5.74) is 1.91. The van der Waals surface area contributed by atoms with E-state index < -0.39 is 0 Å². The fraction of sp³-hybridized carbons (Fsp3) is 0.389. The Balaban J connectivity index is 0.00000261. The molecule has 0 saturated carbocycles. The lowest BCUT2D eigenvalue weighted by Gasteiger charge is -2.19. The van der Waals surface area contributed by atoms with Gasteiger partial charge in [-0.1, -0.05) is 6.07 Å². The zero-order valence-electron chi connectivity index (χ0n) is 15.7. The average molecular weight is 484 g/mol. The number of methoxy groups -OCH3 is 1. The van der Waals surface area contributed by atoms with Crippen LogP contribution in [0.2, 0.25) is 0 Å². The first-order valence-corrected chi connectivity index (χ1v) is 8.48. The molecule has 1 amide bonds. The van der Waals surface area contributed by atoms with Gasteiger partial charge in [0.25, 0.3) is 0 Å². The molecule has 0 spiro atoms. The number of rotatable bonds is 5. The quantitative estimate of drug-likeness (QED) is 0.382. The number of aryl methyl sites for hydroxylation is 1. The van der Waals surface area contributed by atoms with Gasteiger partial charge in [-0.15, -0.1) is 24.0 Å². The lowest BCUT2D eigenvalue weighted by molar-refractivity contribution is -0.117. The van der Waals surface area contributed by atoms with Crippen LogP contribution in [0.4, 0.5) is 5.69 Å². The first-order chi connectivity index (χ1) is 12.6. The van der Waals surface area contributed by atoms with Gasteiger partial charge in [0.05, 0.1) is 19.3 Å². The summed E-state index contributed by atoms with van der Waals surface area (Å²) in [5.74, 6) is 1.48. The van der Waals surface area contributed by atoms with Crippen LogP contribution in [-0.4, -0.2) is 48.4 Å². The standard InChI is InChI=1S/C18H24N6O2.HI/c1-19-18(20-9-13-10-21-23(2)11-13)22-14-7-17(25)24(12-14)15-5-4-6-16(8-15)26-3;/h4-6,8,10-11,14H,7,9,12H2,1-3H3,(H2,19,20,22);1H. The summed E-state index contributed by atoms with van der Waals surface area (Å²) in [7, 11) is 5.22. The number of aliphatic imine (C=N–C) groups is 1. The van der Waals surface area contributed by atoms with E-state index in [1.54, 1.807) is 23.7 Å². The van der Waals surface area contributed by atoms with E-state index in [0.717, 1.165) is 17.0 Å². The van der Waals surface area contributed by atoms with Crippen LogP contribution < -0.4 is 20.3 Å². The molecule has 27 heavy (non-hydrogen) atoms. The predicted molar refractivity (Wildman–Crippen MR) is 116 cm³/mol. The van der Waals surface area contributed by atoms with Crippen LogP contribution in [0.25, 0.3) is 0 Å². The molecule has 1 saturated heterocycles. The number of amides is 1. The van der Waals surface area contributed by atoms with E-state index in [1.807, 2.05) is 43.7 Å². The molecule has 3 rings (SSSR count). The van der Waals surface area contributed by atoms with E-state index in [9.17, 15) is 4.79 Å². The number of nitrogens with zero attached hydrogens (tertiary/aromatic N) is 4. The molecule has 1 aliphatic heterocycles. The van der Waals surface area contributed by atoms with E-state index in [4.69, 9.17) is 4.74 Å². The normalized spacial score (nSPS) is 16.9. The van der Waals surface area contributed by atoms with Gasteiger partial charge in [-0.25, -0.2) is 0 Å². The van der Waals surface area contributed by atoms with Gasteiger partial charge in [0.2, 0.25) is 5.91 Å². The Morgan fingerprint density at radius 2 is 2.26 bits per heavy atom. The molecule has 0 bridgehead atoms. The zero-order chi connectivity index (χ0) is 18.5. The Kier molecular flexibility index (Phi) is 7.45. The number of hydrogen-bond donors (Lipinski definition) is 2. The van der Waals surface area contributed by atoms with Crippen molar-refractivity contribution in [3.05, 3.63) is 42.2 Å². The van der Waals surface area contributed by atoms with Crippen LogP contribution >= 0.6 is 24.0 Å². The van der Waals surface area contributed by atoms with Gasteiger partial charge in [-0.3, -0.25) is 14.5 Å². The molecule has 8 nitrogen and oxygen atoms in total. The zero-order valence-corrected chi connectivity index (χ0v) is 18.0. The Bertz CT molecular complexity index is 807. The average Bonchev–Trinajstić information content (AvgIpc) is 3.23. The summed E-state index contributed by atoms with van der Waals surface area (Å²) in [6.07, 6.45) is 4.18. The maximum Gasteiger partial charge on any atom is 0.229 e. The largest absolute Gasteiger partial charge is 0.497 e. The minimum atomic E-state index is -0.00574. The minimum Gasteiger partial charge on any atom is -0.497 e. The number of carbonyl (C=O) groups is 1. The summed E-state index contributed by atoms with van der Waals surface area (Å²) >= 11 is 0. The van der Waals surface area contributed by atoms with Crippen molar-refractivity contribution in [3.63, 3.8) is 0 Å². The van der Waals surface area contributed by atoms with Crippen LogP contribution in [0.15, 0.2) is 41.7 Å². The Morgan fingerprint density at radius 1 is 1.44 bits per heavy atom. The number of halogens is 1. The van der Waals surface area contributed by atoms with Gasteiger partial charge in [0, 0.05) is 57.1 Å². The van der Waals surface area contributed by atoms with Crippen molar-refractivity contribution in [1.29, 1.82) is 0 Å². The Hall–Kier alpha value is -2.30. The third-order valence-corrected chi connectivity index (χ3v) is 4.27. The third-order valence-electron chi connectivity index (χ3n) is 4.27. The molecular formula is C18H25IN6O2. The molecule has 2 aromatic rings. The number of carbonyl (C=O) groups excluding carboxylic acids is 1. The molecule has 1 unspecified atom stereocenters.